The van der Waals surface area contributed by atoms with Crippen LogP contribution in [0.25, 0.3) is 22.3 Å². The van der Waals surface area contributed by atoms with Gasteiger partial charge in [0.1, 0.15) is 22.2 Å². The van der Waals surface area contributed by atoms with Crippen LogP contribution in [0, 0.1) is 11.3 Å². The van der Waals surface area contributed by atoms with E-state index in [1.165, 1.54) is 12.1 Å². The molecular formula is C20H17ClF3N5O2S. The van der Waals surface area contributed by atoms with Crippen LogP contribution in [0.5, 0.6) is 0 Å². The molecule has 7 nitrogen and oxygen atoms in total. The highest BCUT2D eigenvalue weighted by Gasteiger charge is 2.39. The number of pyridine rings is 2. The maximum atomic E-state index is 12.8. The topological polar surface area (TPSA) is 101 Å². The van der Waals surface area contributed by atoms with Crippen LogP contribution in [-0.4, -0.2) is 35.2 Å². The number of rotatable bonds is 5. The summed E-state index contributed by atoms with van der Waals surface area (Å²) in [5, 5.41) is 10.7. The van der Waals surface area contributed by atoms with Crippen molar-refractivity contribution in [2.75, 3.05) is 0 Å². The first kappa shape index (κ1) is 22.5. The largest absolute Gasteiger partial charge is 0.404 e. The summed E-state index contributed by atoms with van der Waals surface area (Å²) in [4.78, 5) is 7.90. The van der Waals surface area contributed by atoms with Gasteiger partial charge in [0.2, 0.25) is 10.0 Å². The fourth-order valence-corrected chi connectivity index (χ4v) is 4.95. The number of nitrogens with one attached hydrogen (secondary N) is 1. The van der Waals surface area contributed by atoms with Crippen molar-refractivity contribution in [1.82, 2.24) is 19.3 Å². The van der Waals surface area contributed by atoms with Gasteiger partial charge >= 0.3 is 6.18 Å². The van der Waals surface area contributed by atoms with Crippen molar-refractivity contribution in [3.05, 3.63) is 41.3 Å². The van der Waals surface area contributed by atoms with E-state index in [-0.39, 0.29) is 11.2 Å². The first-order chi connectivity index (χ1) is 15.0. The number of fused-ring (bicyclic) bond motifs is 1. The first-order valence-electron chi connectivity index (χ1n) is 9.68. The smallest absolute Gasteiger partial charge is 0.334 e. The molecule has 0 aromatic carbocycles. The molecule has 32 heavy (non-hydrogen) atoms. The van der Waals surface area contributed by atoms with Gasteiger partial charge in [0.05, 0.1) is 28.7 Å². The monoisotopic (exact) mass is 483 g/mol. The lowest BCUT2D eigenvalue weighted by atomic mass is 9.92. The van der Waals surface area contributed by atoms with Crippen LogP contribution in [0.2, 0.25) is 5.15 Å². The van der Waals surface area contributed by atoms with E-state index < -0.39 is 27.1 Å². The molecule has 3 aromatic heterocycles. The van der Waals surface area contributed by atoms with E-state index in [0.29, 0.717) is 27.9 Å². The highest BCUT2D eigenvalue weighted by molar-refractivity contribution is 7.89. The van der Waals surface area contributed by atoms with Crippen LogP contribution >= 0.6 is 11.6 Å². The van der Waals surface area contributed by atoms with Crippen molar-refractivity contribution < 1.29 is 21.6 Å². The Kier molecular flexibility index (Phi) is 5.65. The van der Waals surface area contributed by atoms with Gasteiger partial charge in [0.25, 0.3) is 0 Å². The zero-order chi connectivity index (χ0) is 23.3. The first-order valence-corrected chi connectivity index (χ1v) is 11.5. The van der Waals surface area contributed by atoms with Crippen LogP contribution in [0.1, 0.15) is 37.8 Å². The summed E-state index contributed by atoms with van der Waals surface area (Å²) >= 11 is 6.03. The number of nitriles is 1. The Morgan fingerprint density at radius 1 is 1.28 bits per heavy atom. The molecule has 0 aliphatic heterocycles. The Morgan fingerprint density at radius 3 is 2.53 bits per heavy atom. The number of sulfonamides is 1. The average Bonchev–Trinajstić information content (AvgIpc) is 2.99. The lowest BCUT2D eigenvalue weighted by Crippen LogP contribution is -2.42. The van der Waals surface area contributed by atoms with Gasteiger partial charge in [-0.2, -0.15) is 23.2 Å². The second-order valence-corrected chi connectivity index (χ2v) is 9.68. The number of nitrogens with zero attached hydrogens (tertiary/aromatic N) is 4. The van der Waals surface area contributed by atoms with Crippen molar-refractivity contribution in [3.8, 4) is 17.5 Å². The molecule has 0 saturated heterocycles. The lowest BCUT2D eigenvalue weighted by Gasteiger charge is -2.29. The van der Waals surface area contributed by atoms with Crippen molar-refractivity contribution in [3.63, 3.8) is 0 Å². The van der Waals surface area contributed by atoms with Crippen LogP contribution in [0.3, 0.4) is 0 Å². The highest BCUT2D eigenvalue weighted by Crippen LogP contribution is 2.42. The van der Waals surface area contributed by atoms with E-state index in [2.05, 4.69) is 16.0 Å². The van der Waals surface area contributed by atoms with Gasteiger partial charge in [-0.1, -0.05) is 11.6 Å². The van der Waals surface area contributed by atoms with E-state index in [4.69, 9.17) is 11.6 Å². The minimum absolute atomic E-state index is 0.122. The molecule has 1 fully saturated rings. The summed E-state index contributed by atoms with van der Waals surface area (Å²) < 4.78 is 66.5. The van der Waals surface area contributed by atoms with Crippen molar-refractivity contribution >= 4 is 32.5 Å². The lowest BCUT2D eigenvalue weighted by molar-refractivity contribution is -0.147. The van der Waals surface area contributed by atoms with E-state index in [9.17, 15) is 26.9 Å². The van der Waals surface area contributed by atoms with Crippen LogP contribution in [0.4, 0.5) is 13.2 Å². The van der Waals surface area contributed by atoms with Gasteiger partial charge in [-0.25, -0.2) is 13.4 Å². The predicted octanol–water partition coefficient (Wildman–Crippen LogP) is 4.58. The van der Waals surface area contributed by atoms with Gasteiger partial charge in [-0.15, -0.1) is 0 Å². The maximum absolute atomic E-state index is 12.8. The molecule has 0 spiro atoms. The summed E-state index contributed by atoms with van der Waals surface area (Å²) in [5.74, 6) is 0. The standard InChI is InChI=1S/C20H17ClF3N5O2S/c1-11(20(22,23)24)28-32(30,31)13-5-6-16(26-9-13)19-15(8-25)14-7-18(21)27-10-17(14)29(19)12-3-2-4-12/h5-7,9-12,28H,2-4H2,1H3/t11-/m0/s1. The maximum Gasteiger partial charge on any atom is 0.404 e. The molecule has 12 heteroatoms. The van der Waals surface area contributed by atoms with Crippen molar-refractivity contribution in [2.45, 2.75) is 49.3 Å². The molecule has 168 valence electrons. The Hall–Kier alpha value is -2.68. The molecule has 0 bridgehead atoms. The molecule has 0 unspecified atom stereocenters. The summed E-state index contributed by atoms with van der Waals surface area (Å²) in [6.45, 7) is 0.717. The molecule has 4 rings (SSSR count). The third-order valence-corrected chi connectivity index (χ3v) is 7.25. The van der Waals surface area contributed by atoms with Gasteiger partial charge < -0.3 is 4.57 Å². The Morgan fingerprint density at radius 2 is 2.00 bits per heavy atom. The SMILES string of the molecule is C[C@H](NS(=O)(=O)c1ccc(-c2c(C#N)c3cc(Cl)ncc3n2C2CCC2)nc1)C(F)(F)F. The fraction of sp³-hybridized carbons (Fsp3) is 0.350. The Labute approximate surface area is 186 Å². The number of halogens is 4. The van der Waals surface area contributed by atoms with E-state index in [1.807, 2.05) is 4.57 Å². The van der Waals surface area contributed by atoms with E-state index in [0.717, 1.165) is 32.4 Å². The summed E-state index contributed by atoms with van der Waals surface area (Å²) in [6.07, 6.45) is 0.672. The van der Waals surface area contributed by atoms with Gasteiger partial charge in [0, 0.05) is 17.6 Å². The highest BCUT2D eigenvalue weighted by atomic mass is 35.5. The molecule has 1 atom stereocenters. The fourth-order valence-electron chi connectivity index (χ4n) is 3.62. The van der Waals surface area contributed by atoms with Crippen molar-refractivity contribution in [1.29, 1.82) is 5.26 Å². The zero-order valence-corrected chi connectivity index (χ0v) is 18.3. The Balaban J connectivity index is 1.80. The van der Waals surface area contributed by atoms with Crippen LogP contribution < -0.4 is 4.72 Å². The molecule has 0 amide bonds. The summed E-state index contributed by atoms with van der Waals surface area (Å²) in [7, 11) is -4.44. The van der Waals surface area contributed by atoms with Crippen LogP contribution in [-0.2, 0) is 10.0 Å². The predicted molar refractivity (Wildman–Crippen MR) is 111 cm³/mol. The number of hydrogen-bond donors (Lipinski definition) is 1. The minimum atomic E-state index is -4.72. The second-order valence-electron chi connectivity index (χ2n) is 7.58. The van der Waals surface area contributed by atoms with Gasteiger partial charge in [-0.05, 0) is 44.4 Å². The number of alkyl halides is 3. The molecule has 1 saturated carbocycles. The molecule has 3 aromatic rings. The second kappa shape index (κ2) is 8.03. The van der Waals surface area contributed by atoms with Crippen molar-refractivity contribution in [2.24, 2.45) is 0 Å². The summed E-state index contributed by atoms with van der Waals surface area (Å²) in [5.41, 5.74) is 1.85. The molecular weight excluding hydrogens is 467 g/mol. The third-order valence-electron chi connectivity index (χ3n) is 5.52. The van der Waals surface area contributed by atoms with Crippen LogP contribution in [0.15, 0.2) is 35.5 Å². The third kappa shape index (κ3) is 3.94. The number of hydrogen-bond acceptors (Lipinski definition) is 5. The molecule has 0 radical (unpaired) electrons. The zero-order valence-electron chi connectivity index (χ0n) is 16.7. The molecule has 1 N–H and O–H groups in total. The average molecular weight is 484 g/mol. The number of aromatic nitrogens is 3. The summed E-state index contributed by atoms with van der Waals surface area (Å²) in [6, 6.07) is 4.18. The molecule has 1 aliphatic rings. The molecule has 3 heterocycles. The normalized spacial score (nSPS) is 16.0. The van der Waals surface area contributed by atoms with Gasteiger partial charge in [-0.3, -0.25) is 4.98 Å². The van der Waals surface area contributed by atoms with E-state index >= 15 is 0 Å². The van der Waals surface area contributed by atoms with E-state index in [1.54, 1.807) is 17.0 Å². The van der Waals surface area contributed by atoms with Gasteiger partial charge in [0.15, 0.2) is 0 Å². The minimum Gasteiger partial charge on any atom is -0.334 e. The Bertz CT molecular complexity index is 1330. The quantitative estimate of drug-likeness (QED) is 0.535. The molecule has 1 aliphatic carbocycles.